The molecule has 0 fully saturated rings. The third-order valence-corrected chi connectivity index (χ3v) is 5.66. The van der Waals surface area contributed by atoms with Crippen molar-refractivity contribution in [2.24, 2.45) is 0 Å². The third kappa shape index (κ3) is 5.10. The second-order valence-corrected chi connectivity index (χ2v) is 8.03. The normalized spacial score (nSPS) is 11.8. The van der Waals surface area contributed by atoms with E-state index in [-0.39, 0.29) is 0 Å². The summed E-state index contributed by atoms with van der Waals surface area (Å²) in [5.74, 6) is 0.283. The fourth-order valence-corrected chi connectivity index (χ4v) is 3.42. The molecule has 0 bridgehead atoms. The van der Waals surface area contributed by atoms with Crippen LogP contribution in [0.2, 0.25) is 10.0 Å². The number of carbonyl (C=O) groups is 2. The van der Waals surface area contributed by atoms with Gasteiger partial charge in [0, 0.05) is 11.3 Å². The Morgan fingerprint density at radius 3 is 2.45 bits per heavy atom. The maximum absolute atomic E-state index is 12.6. The molecule has 9 heteroatoms. The fourth-order valence-electron chi connectivity index (χ4n) is 3.12. The van der Waals surface area contributed by atoms with Gasteiger partial charge in [0.25, 0.3) is 5.91 Å². The molecule has 0 saturated carbocycles. The number of H-pyrrole nitrogens is 1. The van der Waals surface area contributed by atoms with E-state index < -0.39 is 18.0 Å². The zero-order valence-corrected chi connectivity index (χ0v) is 19.2. The average molecular weight is 484 g/mol. The van der Waals surface area contributed by atoms with Crippen LogP contribution in [0.4, 0.5) is 5.69 Å². The number of ether oxygens (including phenoxy) is 2. The fraction of sp³-hybridized carbons (Fsp3) is 0.125. The first-order valence-corrected chi connectivity index (χ1v) is 10.7. The molecular weight excluding hydrogens is 465 g/mol. The molecule has 0 aliphatic rings. The van der Waals surface area contributed by atoms with Crippen LogP contribution < -0.4 is 10.1 Å². The van der Waals surface area contributed by atoms with E-state index in [1.165, 1.54) is 13.0 Å². The molecule has 7 nitrogen and oxygen atoms in total. The summed E-state index contributed by atoms with van der Waals surface area (Å²) in [5, 5.41) is 3.32. The van der Waals surface area contributed by atoms with Crippen molar-refractivity contribution in [2.45, 2.75) is 13.0 Å². The number of nitrogens with one attached hydrogen (secondary N) is 2. The molecule has 0 radical (unpaired) electrons. The lowest BCUT2D eigenvalue weighted by Gasteiger charge is -2.14. The Morgan fingerprint density at radius 1 is 1.00 bits per heavy atom. The summed E-state index contributed by atoms with van der Waals surface area (Å²) in [6.45, 7) is 1.49. The molecule has 3 aromatic carbocycles. The van der Waals surface area contributed by atoms with Crippen LogP contribution in [-0.2, 0) is 9.53 Å². The van der Waals surface area contributed by atoms with Gasteiger partial charge in [0.1, 0.15) is 11.6 Å². The molecule has 1 heterocycles. The molecule has 0 saturated heterocycles. The van der Waals surface area contributed by atoms with Gasteiger partial charge in [-0.05, 0) is 67.6 Å². The Kier molecular flexibility index (Phi) is 6.53. The number of aromatic amines is 1. The standard InChI is InChI=1S/C24H19Cl2N3O4/c1-13(23(30)27-16-6-9-18(25)19(26)12-16)33-24(31)15-5-10-20-21(11-15)29-22(28-20)14-3-7-17(32-2)8-4-14/h3-13H,1-2H3,(H,27,30)(H,28,29). The minimum atomic E-state index is -1.03. The van der Waals surface area contributed by atoms with Gasteiger partial charge in [-0.2, -0.15) is 0 Å². The van der Waals surface area contributed by atoms with Gasteiger partial charge in [-0.1, -0.05) is 23.2 Å². The minimum Gasteiger partial charge on any atom is -0.497 e. The molecule has 168 valence electrons. The van der Waals surface area contributed by atoms with E-state index in [0.29, 0.717) is 38.2 Å². The van der Waals surface area contributed by atoms with Gasteiger partial charge in [0.05, 0.1) is 33.8 Å². The van der Waals surface area contributed by atoms with Crippen LogP contribution in [0, 0.1) is 0 Å². The maximum Gasteiger partial charge on any atom is 0.338 e. The number of halogens is 2. The van der Waals surface area contributed by atoms with Crippen molar-refractivity contribution in [1.82, 2.24) is 9.97 Å². The number of fused-ring (bicyclic) bond motifs is 1. The van der Waals surface area contributed by atoms with E-state index >= 15 is 0 Å². The van der Waals surface area contributed by atoms with Crippen molar-refractivity contribution in [3.8, 4) is 17.1 Å². The molecule has 4 aromatic rings. The SMILES string of the molecule is COc1ccc(-c2nc3ccc(C(=O)OC(C)C(=O)Nc4ccc(Cl)c(Cl)c4)cc3[nH]2)cc1. The molecule has 4 rings (SSSR count). The van der Waals surface area contributed by atoms with Crippen LogP contribution in [0.5, 0.6) is 5.75 Å². The molecular formula is C24H19Cl2N3O4. The Hall–Kier alpha value is -3.55. The van der Waals surface area contributed by atoms with Crippen LogP contribution >= 0.6 is 23.2 Å². The second-order valence-electron chi connectivity index (χ2n) is 7.21. The molecule has 0 aliphatic carbocycles. The number of aromatic nitrogens is 2. The van der Waals surface area contributed by atoms with Crippen LogP contribution in [0.15, 0.2) is 60.7 Å². The molecule has 1 aromatic heterocycles. The first-order valence-electron chi connectivity index (χ1n) is 9.95. The highest BCUT2D eigenvalue weighted by Crippen LogP contribution is 2.26. The molecule has 0 spiro atoms. The highest BCUT2D eigenvalue weighted by atomic mass is 35.5. The van der Waals surface area contributed by atoms with E-state index in [1.54, 1.807) is 37.4 Å². The number of nitrogens with zero attached hydrogens (tertiary/aromatic N) is 1. The molecule has 0 aliphatic heterocycles. The van der Waals surface area contributed by atoms with Crippen molar-refractivity contribution in [2.75, 3.05) is 12.4 Å². The van der Waals surface area contributed by atoms with Crippen molar-refractivity contribution in [3.05, 3.63) is 76.3 Å². The molecule has 33 heavy (non-hydrogen) atoms. The van der Waals surface area contributed by atoms with Gasteiger partial charge in [0.15, 0.2) is 6.10 Å². The van der Waals surface area contributed by atoms with Crippen molar-refractivity contribution in [1.29, 1.82) is 0 Å². The van der Waals surface area contributed by atoms with Gasteiger partial charge in [-0.15, -0.1) is 0 Å². The van der Waals surface area contributed by atoms with Gasteiger partial charge < -0.3 is 19.8 Å². The largest absolute Gasteiger partial charge is 0.497 e. The smallest absolute Gasteiger partial charge is 0.338 e. The van der Waals surface area contributed by atoms with Crippen LogP contribution in [0.25, 0.3) is 22.4 Å². The van der Waals surface area contributed by atoms with Crippen LogP contribution in [-0.4, -0.2) is 35.1 Å². The van der Waals surface area contributed by atoms with Crippen molar-refractivity contribution < 1.29 is 19.1 Å². The van der Waals surface area contributed by atoms with E-state index in [0.717, 1.165) is 11.3 Å². The summed E-state index contributed by atoms with van der Waals surface area (Å²) in [6.07, 6.45) is -1.03. The Balaban J connectivity index is 1.45. The first kappa shape index (κ1) is 22.6. The summed E-state index contributed by atoms with van der Waals surface area (Å²) >= 11 is 11.8. The van der Waals surface area contributed by atoms with Crippen LogP contribution in [0.3, 0.4) is 0 Å². The number of hydrogen-bond acceptors (Lipinski definition) is 5. The lowest BCUT2D eigenvalue weighted by molar-refractivity contribution is -0.123. The zero-order chi connectivity index (χ0) is 23.5. The number of benzene rings is 3. The van der Waals surface area contributed by atoms with E-state index in [1.807, 2.05) is 24.3 Å². The molecule has 1 unspecified atom stereocenters. The van der Waals surface area contributed by atoms with E-state index in [9.17, 15) is 9.59 Å². The number of anilines is 1. The van der Waals surface area contributed by atoms with Gasteiger partial charge in [0.2, 0.25) is 0 Å². The Morgan fingerprint density at radius 2 is 1.76 bits per heavy atom. The average Bonchev–Trinajstić information content (AvgIpc) is 3.25. The lowest BCUT2D eigenvalue weighted by Crippen LogP contribution is -2.30. The number of methoxy groups -OCH3 is 1. The maximum atomic E-state index is 12.6. The zero-order valence-electron chi connectivity index (χ0n) is 17.7. The third-order valence-electron chi connectivity index (χ3n) is 4.92. The summed E-state index contributed by atoms with van der Waals surface area (Å²) < 4.78 is 10.5. The van der Waals surface area contributed by atoms with Crippen molar-refractivity contribution in [3.63, 3.8) is 0 Å². The quantitative estimate of drug-likeness (QED) is 0.341. The highest BCUT2D eigenvalue weighted by Gasteiger charge is 2.20. The van der Waals surface area contributed by atoms with Gasteiger partial charge >= 0.3 is 5.97 Å². The van der Waals surface area contributed by atoms with E-state index in [2.05, 4.69) is 15.3 Å². The van der Waals surface area contributed by atoms with Crippen LogP contribution in [0.1, 0.15) is 17.3 Å². The molecule has 1 atom stereocenters. The Bertz CT molecular complexity index is 1340. The highest BCUT2D eigenvalue weighted by molar-refractivity contribution is 6.42. The number of imidazole rings is 1. The molecule has 2 N–H and O–H groups in total. The Labute approximate surface area is 199 Å². The van der Waals surface area contributed by atoms with Gasteiger partial charge in [-0.25, -0.2) is 9.78 Å². The lowest BCUT2D eigenvalue weighted by atomic mass is 10.2. The predicted molar refractivity (Wildman–Crippen MR) is 128 cm³/mol. The number of hydrogen-bond donors (Lipinski definition) is 2. The summed E-state index contributed by atoms with van der Waals surface area (Å²) in [7, 11) is 1.61. The topological polar surface area (TPSA) is 93.3 Å². The second kappa shape index (κ2) is 9.52. The predicted octanol–water partition coefficient (Wildman–Crippen LogP) is 5.73. The first-order chi connectivity index (χ1) is 15.8. The summed E-state index contributed by atoms with van der Waals surface area (Å²) in [5.41, 5.74) is 2.98. The van der Waals surface area contributed by atoms with Gasteiger partial charge in [-0.3, -0.25) is 4.79 Å². The number of amides is 1. The summed E-state index contributed by atoms with van der Waals surface area (Å²) in [6, 6.07) is 17.1. The minimum absolute atomic E-state index is 0.293. The summed E-state index contributed by atoms with van der Waals surface area (Å²) in [4.78, 5) is 32.8. The number of esters is 1. The number of rotatable bonds is 6. The van der Waals surface area contributed by atoms with Crippen molar-refractivity contribution >= 4 is 51.8 Å². The molecule has 1 amide bonds. The monoisotopic (exact) mass is 483 g/mol. The number of carbonyl (C=O) groups excluding carboxylic acids is 2. The van der Waals surface area contributed by atoms with E-state index in [4.69, 9.17) is 32.7 Å².